The molecule has 1 aromatic heterocycles. The molecular formula is C15H15N3O2S. The van der Waals surface area contributed by atoms with E-state index in [1.807, 2.05) is 37.3 Å². The van der Waals surface area contributed by atoms with Gasteiger partial charge in [-0.3, -0.25) is 0 Å². The first-order valence-electron chi connectivity index (χ1n) is 6.31. The minimum atomic E-state index is -3.61. The van der Waals surface area contributed by atoms with Gasteiger partial charge in [-0.05, 0) is 24.6 Å². The summed E-state index contributed by atoms with van der Waals surface area (Å²) in [5.41, 5.74) is 2.19. The van der Waals surface area contributed by atoms with E-state index in [0.29, 0.717) is 0 Å². The van der Waals surface area contributed by atoms with Gasteiger partial charge in [-0.1, -0.05) is 29.8 Å². The van der Waals surface area contributed by atoms with Crippen molar-refractivity contribution in [3.05, 3.63) is 59.4 Å². The molecule has 0 saturated carbocycles. The molecule has 108 valence electrons. The van der Waals surface area contributed by atoms with E-state index in [-0.39, 0.29) is 17.1 Å². The monoisotopic (exact) mass is 301 g/mol. The lowest BCUT2D eigenvalue weighted by Crippen LogP contribution is -2.26. The normalized spacial score (nSPS) is 11.3. The van der Waals surface area contributed by atoms with Gasteiger partial charge < -0.3 is 0 Å². The molecule has 0 aliphatic carbocycles. The largest absolute Gasteiger partial charge is 0.244 e. The van der Waals surface area contributed by atoms with E-state index in [1.54, 1.807) is 0 Å². The number of aromatic nitrogens is 1. The highest BCUT2D eigenvalue weighted by Gasteiger charge is 2.21. The maximum absolute atomic E-state index is 12.4. The molecule has 1 aromatic carbocycles. The van der Waals surface area contributed by atoms with Crippen LogP contribution in [0, 0.1) is 18.3 Å². The summed E-state index contributed by atoms with van der Waals surface area (Å²) in [6, 6.07) is 12.3. The molecule has 5 nitrogen and oxygen atoms in total. The molecule has 2 rings (SSSR count). The Kier molecular flexibility index (Phi) is 4.36. The van der Waals surface area contributed by atoms with Crippen molar-refractivity contribution in [2.75, 3.05) is 7.05 Å². The van der Waals surface area contributed by atoms with Crippen LogP contribution in [0.1, 0.15) is 16.8 Å². The van der Waals surface area contributed by atoms with Gasteiger partial charge in [-0.25, -0.2) is 13.4 Å². The van der Waals surface area contributed by atoms with Gasteiger partial charge in [0.05, 0.1) is 0 Å². The average molecular weight is 301 g/mol. The molecule has 0 unspecified atom stereocenters. The highest BCUT2D eigenvalue weighted by molar-refractivity contribution is 7.89. The van der Waals surface area contributed by atoms with Gasteiger partial charge in [-0.2, -0.15) is 9.57 Å². The third-order valence-electron chi connectivity index (χ3n) is 3.05. The predicted octanol–water partition coefficient (Wildman–Crippen LogP) is 2.08. The third kappa shape index (κ3) is 3.45. The molecule has 2 aromatic rings. The lowest BCUT2D eigenvalue weighted by atomic mass is 10.1. The summed E-state index contributed by atoms with van der Waals surface area (Å²) < 4.78 is 26.1. The fourth-order valence-corrected chi connectivity index (χ4v) is 3.04. The predicted molar refractivity (Wildman–Crippen MR) is 78.8 cm³/mol. The van der Waals surface area contributed by atoms with E-state index in [1.165, 1.54) is 29.7 Å². The summed E-state index contributed by atoms with van der Waals surface area (Å²) in [5.74, 6) is 0. The fourth-order valence-electron chi connectivity index (χ4n) is 1.93. The van der Waals surface area contributed by atoms with Crippen molar-refractivity contribution in [1.29, 1.82) is 5.26 Å². The smallest absolute Gasteiger partial charge is 0.244 e. The lowest BCUT2D eigenvalue weighted by molar-refractivity contribution is 0.466. The van der Waals surface area contributed by atoms with Gasteiger partial charge in [0.15, 0.2) is 0 Å². The number of aryl methyl sites for hydroxylation is 1. The maximum Gasteiger partial charge on any atom is 0.244 e. The van der Waals surface area contributed by atoms with E-state index < -0.39 is 10.0 Å². The first-order chi connectivity index (χ1) is 9.93. The van der Waals surface area contributed by atoms with Crippen LogP contribution in [0.2, 0.25) is 0 Å². The molecule has 0 atom stereocenters. The molecule has 0 fully saturated rings. The Balaban J connectivity index is 2.24. The van der Waals surface area contributed by atoms with Crippen LogP contribution >= 0.6 is 0 Å². The Morgan fingerprint density at radius 3 is 2.62 bits per heavy atom. The van der Waals surface area contributed by atoms with E-state index in [9.17, 15) is 8.42 Å². The van der Waals surface area contributed by atoms with Crippen molar-refractivity contribution < 1.29 is 8.42 Å². The van der Waals surface area contributed by atoms with Crippen LogP contribution in [-0.4, -0.2) is 24.8 Å². The second-order valence-electron chi connectivity index (χ2n) is 4.74. The van der Waals surface area contributed by atoms with Crippen molar-refractivity contribution in [3.8, 4) is 6.07 Å². The zero-order chi connectivity index (χ0) is 15.5. The Hall–Kier alpha value is -2.23. The van der Waals surface area contributed by atoms with Crippen LogP contribution in [0.5, 0.6) is 0 Å². The van der Waals surface area contributed by atoms with Gasteiger partial charge in [0, 0.05) is 19.8 Å². The lowest BCUT2D eigenvalue weighted by Gasteiger charge is -2.17. The number of sulfonamides is 1. The molecule has 0 aliphatic heterocycles. The molecular weight excluding hydrogens is 286 g/mol. The number of pyridine rings is 1. The molecule has 0 radical (unpaired) electrons. The van der Waals surface area contributed by atoms with E-state index >= 15 is 0 Å². The Morgan fingerprint density at radius 1 is 1.29 bits per heavy atom. The number of rotatable bonds is 4. The number of nitriles is 1. The first-order valence-corrected chi connectivity index (χ1v) is 7.75. The average Bonchev–Trinajstić information content (AvgIpc) is 2.47. The molecule has 0 bridgehead atoms. The molecule has 1 heterocycles. The number of hydrogen-bond donors (Lipinski definition) is 0. The third-order valence-corrected chi connectivity index (χ3v) is 4.83. The van der Waals surface area contributed by atoms with Crippen LogP contribution in [0.3, 0.4) is 0 Å². The fraction of sp³-hybridized carbons (Fsp3) is 0.200. The van der Waals surface area contributed by atoms with E-state index in [0.717, 1.165) is 11.1 Å². The summed E-state index contributed by atoms with van der Waals surface area (Å²) in [7, 11) is -2.09. The van der Waals surface area contributed by atoms with Gasteiger partial charge in [0.2, 0.25) is 10.0 Å². The zero-order valence-electron chi connectivity index (χ0n) is 11.8. The Morgan fingerprint density at radius 2 is 2.05 bits per heavy atom. The van der Waals surface area contributed by atoms with Crippen molar-refractivity contribution in [2.45, 2.75) is 18.4 Å². The second kappa shape index (κ2) is 6.04. The number of hydrogen-bond acceptors (Lipinski definition) is 4. The van der Waals surface area contributed by atoms with Crippen molar-refractivity contribution >= 4 is 10.0 Å². The number of benzene rings is 1. The van der Waals surface area contributed by atoms with Crippen molar-refractivity contribution in [1.82, 2.24) is 9.29 Å². The zero-order valence-corrected chi connectivity index (χ0v) is 12.6. The van der Waals surface area contributed by atoms with Gasteiger partial charge in [0.1, 0.15) is 16.7 Å². The van der Waals surface area contributed by atoms with Gasteiger partial charge in [-0.15, -0.1) is 0 Å². The second-order valence-corrected chi connectivity index (χ2v) is 6.79. The molecule has 0 spiro atoms. The van der Waals surface area contributed by atoms with Crippen LogP contribution in [0.25, 0.3) is 0 Å². The first kappa shape index (κ1) is 15.2. The SMILES string of the molecule is Cc1cccc(CN(C)S(=O)(=O)c2ccc(C#N)nc2)c1. The molecule has 21 heavy (non-hydrogen) atoms. The van der Waals surface area contributed by atoms with Crippen LogP contribution in [0.4, 0.5) is 0 Å². The summed E-state index contributed by atoms with van der Waals surface area (Å²) >= 11 is 0. The minimum Gasteiger partial charge on any atom is -0.244 e. The van der Waals surface area contributed by atoms with Crippen LogP contribution in [-0.2, 0) is 16.6 Å². The number of nitrogens with zero attached hydrogens (tertiary/aromatic N) is 3. The van der Waals surface area contributed by atoms with Crippen LogP contribution < -0.4 is 0 Å². The van der Waals surface area contributed by atoms with E-state index in [2.05, 4.69) is 4.98 Å². The molecule has 0 saturated heterocycles. The van der Waals surface area contributed by atoms with Crippen molar-refractivity contribution in [2.24, 2.45) is 0 Å². The minimum absolute atomic E-state index is 0.0802. The maximum atomic E-state index is 12.4. The quantitative estimate of drug-likeness (QED) is 0.866. The van der Waals surface area contributed by atoms with Gasteiger partial charge >= 0.3 is 0 Å². The van der Waals surface area contributed by atoms with Gasteiger partial charge in [0.25, 0.3) is 0 Å². The topological polar surface area (TPSA) is 74.1 Å². The summed E-state index contributed by atoms with van der Waals surface area (Å²) in [6.45, 7) is 2.24. The Bertz CT molecular complexity index is 777. The summed E-state index contributed by atoms with van der Waals surface area (Å²) in [5, 5.41) is 8.69. The standard InChI is InChI=1S/C15H15N3O2S/c1-12-4-3-5-13(8-12)11-18(2)21(19,20)15-7-6-14(9-16)17-10-15/h3-8,10H,11H2,1-2H3. The molecule has 0 N–H and O–H groups in total. The summed E-state index contributed by atoms with van der Waals surface area (Å²) in [6.07, 6.45) is 1.21. The van der Waals surface area contributed by atoms with Crippen LogP contribution in [0.15, 0.2) is 47.5 Å². The molecule has 0 aliphatic rings. The highest BCUT2D eigenvalue weighted by Crippen LogP contribution is 2.16. The Labute approximate surface area is 124 Å². The highest BCUT2D eigenvalue weighted by atomic mass is 32.2. The molecule has 0 amide bonds. The van der Waals surface area contributed by atoms with E-state index in [4.69, 9.17) is 5.26 Å². The molecule has 6 heteroatoms. The summed E-state index contributed by atoms with van der Waals surface area (Å²) in [4.78, 5) is 3.88. The van der Waals surface area contributed by atoms with Crippen molar-refractivity contribution in [3.63, 3.8) is 0 Å².